The molecule has 0 aromatic heterocycles. The second-order valence-electron chi connectivity index (χ2n) is 3.91. The summed E-state index contributed by atoms with van der Waals surface area (Å²) in [5, 5.41) is 0. The van der Waals surface area contributed by atoms with Gasteiger partial charge in [-0.2, -0.15) is 4.31 Å². The molecule has 0 saturated heterocycles. The van der Waals surface area contributed by atoms with Gasteiger partial charge in [-0.1, -0.05) is 30.3 Å². The molecule has 0 N–H and O–H groups in total. The summed E-state index contributed by atoms with van der Waals surface area (Å²) < 4.78 is 24.8. The van der Waals surface area contributed by atoms with E-state index in [1.165, 1.54) is 6.07 Å². The lowest BCUT2D eigenvalue weighted by atomic mass is 10.2. The summed E-state index contributed by atoms with van der Waals surface area (Å²) in [6.45, 7) is 0. The molecule has 0 bridgehead atoms. The van der Waals surface area contributed by atoms with Crippen molar-refractivity contribution >= 4 is 21.6 Å². The van der Waals surface area contributed by atoms with Crippen LogP contribution >= 0.6 is 0 Å². The van der Waals surface area contributed by atoms with E-state index in [0.717, 1.165) is 4.31 Å². The highest BCUT2D eigenvalue weighted by Crippen LogP contribution is 2.40. The summed E-state index contributed by atoms with van der Waals surface area (Å²) >= 11 is 0. The van der Waals surface area contributed by atoms with Crippen LogP contribution in [0.2, 0.25) is 0 Å². The molecule has 5 heteroatoms. The van der Waals surface area contributed by atoms with Crippen molar-refractivity contribution in [3.63, 3.8) is 0 Å². The molecule has 1 aliphatic heterocycles. The molecule has 1 aliphatic rings. The normalized spacial score (nSPS) is 15.7. The molecular weight excluding hydrogens is 250 g/mol. The molecule has 0 unspecified atom stereocenters. The SMILES string of the molecule is O=C(c1ccccc1)N1c2ccccc2S1(=O)=O. The Morgan fingerprint density at radius 2 is 1.50 bits per heavy atom. The number of rotatable bonds is 1. The zero-order chi connectivity index (χ0) is 12.8. The van der Waals surface area contributed by atoms with Gasteiger partial charge < -0.3 is 0 Å². The van der Waals surface area contributed by atoms with E-state index < -0.39 is 15.9 Å². The Kier molecular flexibility index (Phi) is 2.24. The summed E-state index contributed by atoms with van der Waals surface area (Å²) in [7, 11) is -3.65. The third kappa shape index (κ3) is 1.37. The highest BCUT2D eigenvalue weighted by Gasteiger charge is 2.43. The highest BCUT2D eigenvalue weighted by molar-refractivity contribution is 7.95. The molecule has 0 aliphatic carbocycles. The maximum absolute atomic E-state index is 12.2. The van der Waals surface area contributed by atoms with Crippen LogP contribution in [0.1, 0.15) is 10.4 Å². The lowest BCUT2D eigenvalue weighted by Gasteiger charge is -2.32. The Bertz CT molecular complexity index is 723. The first-order valence-electron chi connectivity index (χ1n) is 5.36. The molecule has 2 aromatic rings. The zero-order valence-electron chi connectivity index (χ0n) is 9.28. The molecule has 0 radical (unpaired) electrons. The summed E-state index contributed by atoms with van der Waals surface area (Å²) in [5.41, 5.74) is 0.793. The van der Waals surface area contributed by atoms with Crippen molar-refractivity contribution in [1.29, 1.82) is 0 Å². The molecule has 90 valence electrons. The first-order valence-corrected chi connectivity index (χ1v) is 6.80. The van der Waals surface area contributed by atoms with Crippen LogP contribution in [0.25, 0.3) is 0 Å². The van der Waals surface area contributed by atoms with Crippen LogP contribution < -0.4 is 4.31 Å². The molecule has 3 rings (SSSR count). The van der Waals surface area contributed by atoms with E-state index >= 15 is 0 Å². The summed E-state index contributed by atoms with van der Waals surface area (Å²) in [5.74, 6) is -0.519. The van der Waals surface area contributed by atoms with E-state index in [2.05, 4.69) is 0 Å². The van der Waals surface area contributed by atoms with E-state index in [1.54, 1.807) is 48.5 Å². The lowest BCUT2D eigenvalue weighted by Crippen LogP contribution is -2.44. The smallest absolute Gasteiger partial charge is 0.268 e. The minimum absolute atomic E-state index is 0.203. The predicted molar refractivity (Wildman–Crippen MR) is 66.9 cm³/mol. The molecule has 1 amide bonds. The van der Waals surface area contributed by atoms with E-state index in [0.29, 0.717) is 11.3 Å². The van der Waals surface area contributed by atoms with Gasteiger partial charge in [0, 0.05) is 5.56 Å². The fourth-order valence-electron chi connectivity index (χ4n) is 1.95. The van der Waals surface area contributed by atoms with Gasteiger partial charge in [0.15, 0.2) is 0 Å². The van der Waals surface area contributed by atoms with E-state index in [4.69, 9.17) is 0 Å². The summed E-state index contributed by atoms with van der Waals surface area (Å²) in [4.78, 5) is 12.4. The number of hydrogen-bond acceptors (Lipinski definition) is 3. The largest absolute Gasteiger partial charge is 0.273 e. The van der Waals surface area contributed by atoms with Crippen LogP contribution in [0.4, 0.5) is 5.69 Å². The minimum atomic E-state index is -3.65. The molecule has 2 aromatic carbocycles. The Labute approximate surface area is 105 Å². The van der Waals surface area contributed by atoms with Crippen LogP contribution in [-0.2, 0) is 10.0 Å². The topological polar surface area (TPSA) is 54.5 Å². The zero-order valence-corrected chi connectivity index (χ0v) is 10.1. The molecule has 1 heterocycles. The van der Waals surface area contributed by atoms with Gasteiger partial charge in [0.1, 0.15) is 4.90 Å². The lowest BCUT2D eigenvalue weighted by molar-refractivity contribution is 0.100. The number of amides is 1. The van der Waals surface area contributed by atoms with Crippen LogP contribution in [0, 0.1) is 0 Å². The number of para-hydroxylation sites is 1. The Hall–Kier alpha value is -2.14. The number of sulfonamides is 1. The second-order valence-corrected chi connectivity index (χ2v) is 5.66. The summed E-state index contributed by atoms with van der Waals surface area (Å²) in [6.07, 6.45) is 0. The van der Waals surface area contributed by atoms with Crippen LogP contribution in [0.15, 0.2) is 59.5 Å². The van der Waals surface area contributed by atoms with Crippen molar-refractivity contribution in [2.45, 2.75) is 4.90 Å². The third-order valence-electron chi connectivity index (χ3n) is 2.81. The van der Waals surface area contributed by atoms with Crippen molar-refractivity contribution in [2.24, 2.45) is 0 Å². The maximum atomic E-state index is 12.2. The Morgan fingerprint density at radius 3 is 2.22 bits per heavy atom. The number of benzene rings is 2. The average Bonchev–Trinajstić information content (AvgIpc) is 2.39. The number of carbonyl (C=O) groups is 1. The van der Waals surface area contributed by atoms with Crippen molar-refractivity contribution in [3.8, 4) is 0 Å². The van der Waals surface area contributed by atoms with Gasteiger partial charge >= 0.3 is 0 Å². The fourth-order valence-corrected chi connectivity index (χ4v) is 3.43. The number of hydrogen-bond donors (Lipinski definition) is 0. The van der Waals surface area contributed by atoms with Crippen LogP contribution in [-0.4, -0.2) is 14.3 Å². The van der Waals surface area contributed by atoms with Gasteiger partial charge in [-0.15, -0.1) is 0 Å². The van der Waals surface area contributed by atoms with E-state index in [1.807, 2.05) is 0 Å². The molecule has 0 spiro atoms. The highest BCUT2D eigenvalue weighted by atomic mass is 32.2. The number of anilines is 1. The van der Waals surface area contributed by atoms with Gasteiger partial charge in [-0.3, -0.25) is 4.79 Å². The molecule has 0 atom stereocenters. The fraction of sp³-hybridized carbons (Fsp3) is 0. The first kappa shape index (κ1) is 11.0. The van der Waals surface area contributed by atoms with Gasteiger partial charge in [0.25, 0.3) is 15.9 Å². The standard InChI is InChI=1S/C13H9NO3S/c15-13(10-6-2-1-3-7-10)14-11-8-4-5-9-12(11)18(14,16)17/h1-9H. The van der Waals surface area contributed by atoms with Crippen molar-refractivity contribution < 1.29 is 13.2 Å². The van der Waals surface area contributed by atoms with Crippen LogP contribution in [0.5, 0.6) is 0 Å². The van der Waals surface area contributed by atoms with Gasteiger partial charge in [-0.25, -0.2) is 8.42 Å². The quantitative estimate of drug-likeness (QED) is 0.787. The molecule has 0 saturated carbocycles. The van der Waals surface area contributed by atoms with Gasteiger partial charge in [-0.05, 0) is 24.3 Å². The van der Waals surface area contributed by atoms with Gasteiger partial charge in [0.05, 0.1) is 5.69 Å². The molecule has 4 nitrogen and oxygen atoms in total. The van der Waals surface area contributed by atoms with Crippen molar-refractivity contribution in [3.05, 3.63) is 60.2 Å². The monoisotopic (exact) mass is 259 g/mol. The molecule has 18 heavy (non-hydrogen) atoms. The second kappa shape index (κ2) is 3.68. The van der Waals surface area contributed by atoms with Gasteiger partial charge in [0.2, 0.25) is 0 Å². The Balaban J connectivity index is 2.09. The predicted octanol–water partition coefficient (Wildman–Crippen LogP) is 2.04. The van der Waals surface area contributed by atoms with Crippen molar-refractivity contribution in [1.82, 2.24) is 0 Å². The third-order valence-corrected chi connectivity index (χ3v) is 4.55. The van der Waals surface area contributed by atoms with E-state index in [-0.39, 0.29) is 4.90 Å². The molecule has 0 fully saturated rings. The Morgan fingerprint density at radius 1 is 0.889 bits per heavy atom. The molecular formula is C13H9NO3S. The van der Waals surface area contributed by atoms with Crippen LogP contribution in [0.3, 0.4) is 0 Å². The maximum Gasteiger partial charge on any atom is 0.273 e. The first-order chi connectivity index (χ1) is 8.62. The van der Waals surface area contributed by atoms with Crippen molar-refractivity contribution in [2.75, 3.05) is 4.31 Å². The number of carbonyl (C=O) groups excluding carboxylic acids is 1. The number of fused-ring (bicyclic) bond motifs is 1. The number of nitrogens with zero attached hydrogens (tertiary/aromatic N) is 1. The van der Waals surface area contributed by atoms with E-state index in [9.17, 15) is 13.2 Å². The minimum Gasteiger partial charge on any atom is -0.268 e. The summed E-state index contributed by atoms with van der Waals surface area (Å²) in [6, 6.07) is 14.8. The average molecular weight is 259 g/mol.